The van der Waals surface area contributed by atoms with Gasteiger partial charge >= 0.3 is 0 Å². The number of carbonyl (C=O) groups excluding carboxylic acids is 2. The van der Waals surface area contributed by atoms with Gasteiger partial charge in [-0.05, 0) is 83.9 Å². The van der Waals surface area contributed by atoms with Gasteiger partial charge in [0.1, 0.15) is 11.8 Å². The number of rotatable bonds is 8. The van der Waals surface area contributed by atoms with Crippen molar-refractivity contribution in [2.45, 2.75) is 78.4 Å². The molecule has 1 atom stereocenters. The molecular formula is C27H36BrClN2O3. The topological polar surface area (TPSA) is 58.6 Å². The Hall–Kier alpha value is -2.05. The average Bonchev–Trinajstić information content (AvgIpc) is 2.72. The van der Waals surface area contributed by atoms with Gasteiger partial charge in [-0.25, -0.2) is 0 Å². The molecule has 7 heteroatoms. The van der Waals surface area contributed by atoms with Crippen molar-refractivity contribution in [1.82, 2.24) is 10.2 Å². The van der Waals surface area contributed by atoms with Crippen LogP contribution in [0.5, 0.6) is 5.75 Å². The van der Waals surface area contributed by atoms with Gasteiger partial charge in [-0.3, -0.25) is 9.59 Å². The Morgan fingerprint density at radius 1 is 1.06 bits per heavy atom. The van der Waals surface area contributed by atoms with Crippen molar-refractivity contribution in [1.29, 1.82) is 0 Å². The van der Waals surface area contributed by atoms with E-state index >= 15 is 0 Å². The number of benzene rings is 2. The van der Waals surface area contributed by atoms with Crippen molar-refractivity contribution in [2.24, 2.45) is 0 Å². The number of ether oxygens (including phenoxy) is 1. The van der Waals surface area contributed by atoms with Crippen molar-refractivity contribution in [3.8, 4) is 5.75 Å². The van der Waals surface area contributed by atoms with Crippen LogP contribution in [0.25, 0.3) is 0 Å². The molecule has 34 heavy (non-hydrogen) atoms. The molecule has 0 aliphatic carbocycles. The summed E-state index contributed by atoms with van der Waals surface area (Å²) >= 11 is 9.59. The zero-order chi connectivity index (χ0) is 25.7. The molecule has 0 unspecified atom stereocenters. The fraction of sp³-hybridized carbons (Fsp3) is 0.481. The molecule has 0 spiro atoms. The van der Waals surface area contributed by atoms with Crippen LogP contribution in [0, 0.1) is 0 Å². The Kier molecular flexibility index (Phi) is 9.61. The maximum Gasteiger partial charge on any atom is 0.261 e. The number of carbonyl (C=O) groups is 2. The fourth-order valence-electron chi connectivity index (χ4n) is 3.47. The molecule has 0 radical (unpaired) electrons. The van der Waals surface area contributed by atoms with Crippen LogP contribution in [0.15, 0.2) is 46.9 Å². The first-order valence-corrected chi connectivity index (χ1v) is 12.7. The van der Waals surface area contributed by atoms with Gasteiger partial charge in [0.2, 0.25) is 5.91 Å². The van der Waals surface area contributed by atoms with E-state index in [1.165, 1.54) is 0 Å². The summed E-state index contributed by atoms with van der Waals surface area (Å²) in [6, 6.07) is 12.5. The van der Waals surface area contributed by atoms with Crippen LogP contribution >= 0.6 is 27.5 Å². The lowest BCUT2D eigenvalue weighted by Crippen LogP contribution is -2.54. The molecule has 186 valence electrons. The van der Waals surface area contributed by atoms with Gasteiger partial charge in [-0.15, -0.1) is 0 Å². The number of halogens is 2. The Morgan fingerprint density at radius 2 is 1.68 bits per heavy atom. The Bertz CT molecular complexity index is 994. The van der Waals surface area contributed by atoms with Crippen molar-refractivity contribution in [3.05, 3.63) is 63.1 Å². The summed E-state index contributed by atoms with van der Waals surface area (Å²) in [6.45, 7) is 14.2. The van der Waals surface area contributed by atoms with Gasteiger partial charge in [0, 0.05) is 17.1 Å². The van der Waals surface area contributed by atoms with Crippen molar-refractivity contribution in [3.63, 3.8) is 0 Å². The maximum atomic E-state index is 13.4. The van der Waals surface area contributed by atoms with Gasteiger partial charge in [-0.2, -0.15) is 0 Å². The summed E-state index contributed by atoms with van der Waals surface area (Å²) in [5.74, 6) is 0.130. The lowest BCUT2D eigenvalue weighted by molar-refractivity contribution is -0.143. The number of nitrogens with zero attached hydrogens (tertiary/aromatic N) is 1. The van der Waals surface area contributed by atoms with Gasteiger partial charge < -0.3 is 15.0 Å². The molecule has 1 N–H and O–H groups in total. The maximum absolute atomic E-state index is 13.4. The number of nitrogens with one attached hydrogen (secondary N) is 1. The summed E-state index contributed by atoms with van der Waals surface area (Å²) < 4.78 is 6.68. The van der Waals surface area contributed by atoms with Gasteiger partial charge in [0.05, 0.1) is 4.47 Å². The first-order chi connectivity index (χ1) is 15.7. The van der Waals surface area contributed by atoms with Gasteiger partial charge in [0.15, 0.2) is 6.61 Å². The smallest absolute Gasteiger partial charge is 0.261 e. The summed E-state index contributed by atoms with van der Waals surface area (Å²) in [5, 5.41) is 3.62. The van der Waals surface area contributed by atoms with Crippen LogP contribution in [0.1, 0.15) is 66.0 Å². The highest BCUT2D eigenvalue weighted by molar-refractivity contribution is 9.10. The van der Waals surface area contributed by atoms with Crippen LogP contribution in [0.2, 0.25) is 5.02 Å². The van der Waals surface area contributed by atoms with Crippen LogP contribution in [0.3, 0.4) is 0 Å². The van der Waals surface area contributed by atoms with Crippen molar-refractivity contribution < 1.29 is 14.3 Å². The van der Waals surface area contributed by atoms with E-state index in [2.05, 4.69) is 42.0 Å². The molecule has 5 nitrogen and oxygen atoms in total. The van der Waals surface area contributed by atoms with E-state index in [9.17, 15) is 9.59 Å². The minimum Gasteiger partial charge on any atom is -0.483 e. The summed E-state index contributed by atoms with van der Waals surface area (Å²) in [4.78, 5) is 28.0. The molecule has 0 fully saturated rings. The molecule has 2 aromatic rings. The van der Waals surface area contributed by atoms with E-state index < -0.39 is 11.6 Å². The molecule has 0 aliphatic heterocycles. The number of amides is 2. The first-order valence-electron chi connectivity index (χ1n) is 11.5. The lowest BCUT2D eigenvalue weighted by Gasteiger charge is -2.33. The third-order valence-corrected chi connectivity index (χ3v) is 6.17. The van der Waals surface area contributed by atoms with Gasteiger partial charge in [-0.1, -0.05) is 57.5 Å². The van der Waals surface area contributed by atoms with Crippen molar-refractivity contribution >= 4 is 39.3 Å². The predicted octanol–water partition coefficient (Wildman–Crippen LogP) is 6.50. The van der Waals surface area contributed by atoms with Gasteiger partial charge in [0.25, 0.3) is 5.91 Å². The van der Waals surface area contributed by atoms with Crippen LogP contribution in [-0.2, 0) is 21.5 Å². The van der Waals surface area contributed by atoms with Crippen LogP contribution < -0.4 is 10.1 Å². The quantitative estimate of drug-likeness (QED) is 0.407. The minimum absolute atomic E-state index is 0.00100. The molecule has 2 amide bonds. The fourth-order valence-corrected chi connectivity index (χ4v) is 4.08. The zero-order valence-corrected chi connectivity index (χ0v) is 23.5. The number of hydrogen-bond acceptors (Lipinski definition) is 3. The van der Waals surface area contributed by atoms with E-state index in [0.29, 0.717) is 17.2 Å². The largest absolute Gasteiger partial charge is 0.483 e. The molecule has 2 aromatic carbocycles. The standard InChI is InChI=1S/C27H36BrClN2O3/c1-8-22(25(33)30-27(5,6)7)31(16-18-9-12-20(29)13-10-18)24(32)17-34-23-14-11-19(15-21(23)28)26(2,3)4/h9-15,22H,8,16-17H2,1-7H3,(H,30,33)/t22-/m1/s1. The highest BCUT2D eigenvalue weighted by Crippen LogP contribution is 2.31. The molecule has 0 aliphatic rings. The van der Waals surface area contributed by atoms with Crippen LogP contribution in [-0.4, -0.2) is 34.9 Å². The van der Waals surface area contributed by atoms with E-state index in [-0.39, 0.29) is 30.4 Å². The monoisotopic (exact) mass is 550 g/mol. The molecule has 0 bridgehead atoms. The van der Waals surface area contributed by atoms with E-state index in [1.807, 2.05) is 58.0 Å². The third kappa shape index (κ3) is 8.31. The highest BCUT2D eigenvalue weighted by atomic mass is 79.9. The molecule has 0 saturated carbocycles. The summed E-state index contributed by atoms with van der Waals surface area (Å²) in [6.07, 6.45) is 0.477. The minimum atomic E-state index is -0.627. The zero-order valence-electron chi connectivity index (χ0n) is 21.2. The highest BCUT2D eigenvalue weighted by Gasteiger charge is 2.31. The first kappa shape index (κ1) is 28.2. The van der Waals surface area contributed by atoms with E-state index in [0.717, 1.165) is 15.6 Å². The molecule has 2 rings (SSSR count). The second-order valence-electron chi connectivity index (χ2n) is 10.5. The predicted molar refractivity (Wildman–Crippen MR) is 142 cm³/mol. The van der Waals surface area contributed by atoms with Crippen molar-refractivity contribution in [2.75, 3.05) is 6.61 Å². The SMILES string of the molecule is CC[C@H](C(=O)NC(C)(C)C)N(Cc1ccc(Cl)cc1)C(=O)COc1ccc(C(C)(C)C)cc1Br. The Morgan fingerprint density at radius 3 is 2.18 bits per heavy atom. The average molecular weight is 552 g/mol. The molecule has 0 heterocycles. The van der Waals surface area contributed by atoms with E-state index in [1.54, 1.807) is 17.0 Å². The summed E-state index contributed by atoms with van der Waals surface area (Å²) in [7, 11) is 0. The third-order valence-electron chi connectivity index (χ3n) is 5.30. The molecule has 0 aromatic heterocycles. The Balaban J connectivity index is 2.25. The normalized spacial score (nSPS) is 12.7. The lowest BCUT2D eigenvalue weighted by atomic mass is 9.87. The second kappa shape index (κ2) is 11.6. The Labute approximate surface area is 217 Å². The summed E-state index contributed by atoms with van der Waals surface area (Å²) in [5.41, 5.74) is 1.64. The molecular weight excluding hydrogens is 516 g/mol. The second-order valence-corrected chi connectivity index (χ2v) is 11.8. The molecule has 0 saturated heterocycles. The van der Waals surface area contributed by atoms with Crippen LogP contribution in [0.4, 0.5) is 0 Å². The number of hydrogen-bond donors (Lipinski definition) is 1. The van der Waals surface area contributed by atoms with E-state index in [4.69, 9.17) is 16.3 Å².